The number of halogens is 2. The molecule has 1 unspecified atom stereocenters. The Hall–Kier alpha value is -1.68. The number of rotatable bonds is 5. The summed E-state index contributed by atoms with van der Waals surface area (Å²) in [6.45, 7) is 6.49. The van der Waals surface area contributed by atoms with Gasteiger partial charge in [0.25, 0.3) is 0 Å². The second kappa shape index (κ2) is 6.18. The highest BCUT2D eigenvalue weighted by molar-refractivity contribution is 5.28. The minimum Gasteiger partial charge on any atom is -0.466 e. The molecule has 1 aromatic carbocycles. The summed E-state index contributed by atoms with van der Waals surface area (Å²) in [5.41, 5.74) is 1.36. The van der Waals surface area contributed by atoms with E-state index in [-0.39, 0.29) is 6.04 Å². The normalized spacial score (nSPS) is 12.7. The van der Waals surface area contributed by atoms with Crippen LogP contribution in [0.25, 0.3) is 0 Å². The molecule has 2 rings (SSSR count). The molecule has 108 valence electrons. The Kier molecular flexibility index (Phi) is 4.55. The molecule has 0 amide bonds. The third kappa shape index (κ3) is 3.07. The third-order valence-corrected chi connectivity index (χ3v) is 3.36. The third-order valence-electron chi connectivity index (χ3n) is 3.36. The van der Waals surface area contributed by atoms with Crippen LogP contribution in [0, 0.1) is 25.5 Å². The second-order valence-electron chi connectivity index (χ2n) is 4.90. The second-order valence-corrected chi connectivity index (χ2v) is 4.90. The van der Waals surface area contributed by atoms with Crippen molar-refractivity contribution >= 4 is 0 Å². The van der Waals surface area contributed by atoms with Crippen LogP contribution >= 0.6 is 0 Å². The zero-order valence-electron chi connectivity index (χ0n) is 12.0. The molecule has 2 aromatic rings. The minimum atomic E-state index is -0.808. The van der Waals surface area contributed by atoms with Gasteiger partial charge in [0, 0.05) is 11.6 Å². The highest BCUT2D eigenvalue weighted by atomic mass is 19.2. The van der Waals surface area contributed by atoms with Gasteiger partial charge in [-0.3, -0.25) is 0 Å². The highest BCUT2D eigenvalue weighted by Crippen LogP contribution is 2.26. The van der Waals surface area contributed by atoms with E-state index in [0.29, 0.717) is 12.0 Å². The average Bonchev–Trinajstić information content (AvgIpc) is 2.73. The largest absolute Gasteiger partial charge is 0.466 e. The Bertz CT molecular complexity index is 592. The van der Waals surface area contributed by atoms with Crippen LogP contribution in [0.2, 0.25) is 0 Å². The Morgan fingerprint density at radius 2 is 2.00 bits per heavy atom. The van der Waals surface area contributed by atoms with E-state index in [9.17, 15) is 8.78 Å². The van der Waals surface area contributed by atoms with Gasteiger partial charge >= 0.3 is 0 Å². The number of likely N-dealkylation sites (N-methyl/N-ethyl adjacent to an activating group) is 1. The fourth-order valence-electron chi connectivity index (χ4n) is 2.46. The summed E-state index contributed by atoms with van der Waals surface area (Å²) in [6.07, 6.45) is 0.386. The fourth-order valence-corrected chi connectivity index (χ4v) is 2.46. The smallest absolute Gasteiger partial charge is 0.162 e. The molecule has 0 bridgehead atoms. The van der Waals surface area contributed by atoms with E-state index in [2.05, 4.69) is 5.32 Å². The van der Waals surface area contributed by atoms with Crippen LogP contribution in [0.4, 0.5) is 8.78 Å². The molecule has 2 nitrogen and oxygen atoms in total. The van der Waals surface area contributed by atoms with Gasteiger partial charge in [-0.15, -0.1) is 0 Å². The molecule has 0 saturated heterocycles. The molecule has 0 spiro atoms. The van der Waals surface area contributed by atoms with Crippen LogP contribution < -0.4 is 5.32 Å². The van der Waals surface area contributed by atoms with E-state index in [0.717, 1.165) is 29.7 Å². The lowest BCUT2D eigenvalue weighted by molar-refractivity contribution is 0.469. The standard InChI is InChI=1S/C16H19F2NO/c1-4-19-15(13-8-10(2)20-11(13)3)9-12-6-5-7-14(17)16(12)18/h5-8,15,19H,4,9H2,1-3H3. The van der Waals surface area contributed by atoms with Gasteiger partial charge in [0.1, 0.15) is 11.5 Å². The van der Waals surface area contributed by atoms with Gasteiger partial charge in [-0.2, -0.15) is 0 Å². The molecule has 0 radical (unpaired) electrons. The van der Waals surface area contributed by atoms with Gasteiger partial charge in [0.15, 0.2) is 11.6 Å². The highest BCUT2D eigenvalue weighted by Gasteiger charge is 2.19. The van der Waals surface area contributed by atoms with Crippen LogP contribution in [-0.2, 0) is 6.42 Å². The van der Waals surface area contributed by atoms with E-state index < -0.39 is 11.6 Å². The van der Waals surface area contributed by atoms with Crippen molar-refractivity contribution in [3.05, 3.63) is 58.5 Å². The summed E-state index contributed by atoms with van der Waals surface area (Å²) < 4.78 is 32.6. The lowest BCUT2D eigenvalue weighted by Gasteiger charge is -2.18. The molecule has 1 heterocycles. The summed E-state index contributed by atoms with van der Waals surface area (Å²) in [7, 11) is 0. The fraction of sp³-hybridized carbons (Fsp3) is 0.375. The molecule has 0 aliphatic rings. The quantitative estimate of drug-likeness (QED) is 0.892. The SMILES string of the molecule is CCNC(Cc1cccc(F)c1F)c1cc(C)oc1C. The minimum absolute atomic E-state index is 0.0891. The van der Waals surface area contributed by atoms with Crippen LogP contribution in [0.3, 0.4) is 0 Å². The van der Waals surface area contributed by atoms with Crippen LogP contribution in [0.5, 0.6) is 0 Å². The van der Waals surface area contributed by atoms with E-state index in [1.54, 1.807) is 6.07 Å². The van der Waals surface area contributed by atoms with Crippen LogP contribution in [0.15, 0.2) is 28.7 Å². The number of aryl methyl sites for hydroxylation is 2. The molecule has 0 aliphatic carbocycles. The van der Waals surface area contributed by atoms with E-state index in [4.69, 9.17) is 4.42 Å². The van der Waals surface area contributed by atoms with Crippen LogP contribution in [-0.4, -0.2) is 6.54 Å². The molecule has 0 aliphatic heterocycles. The topological polar surface area (TPSA) is 25.2 Å². The van der Waals surface area contributed by atoms with Crippen molar-refractivity contribution < 1.29 is 13.2 Å². The zero-order valence-corrected chi connectivity index (χ0v) is 12.0. The molecule has 0 saturated carbocycles. The molecule has 4 heteroatoms. The number of hydrogen-bond donors (Lipinski definition) is 1. The number of hydrogen-bond acceptors (Lipinski definition) is 2. The van der Waals surface area contributed by atoms with E-state index in [1.165, 1.54) is 6.07 Å². The summed E-state index contributed by atoms with van der Waals surface area (Å²) in [5.74, 6) is 0.0523. The maximum absolute atomic E-state index is 13.8. The van der Waals surface area contributed by atoms with Gasteiger partial charge in [-0.05, 0) is 44.5 Å². The first-order valence-electron chi connectivity index (χ1n) is 6.76. The maximum atomic E-state index is 13.8. The first kappa shape index (κ1) is 14.7. The maximum Gasteiger partial charge on any atom is 0.162 e. The predicted octanol–water partition coefficient (Wildman–Crippen LogP) is 4.07. The predicted molar refractivity (Wildman–Crippen MR) is 74.7 cm³/mol. The van der Waals surface area contributed by atoms with Gasteiger partial charge in [-0.25, -0.2) is 8.78 Å². The molecule has 1 atom stereocenters. The van der Waals surface area contributed by atoms with Crippen molar-refractivity contribution in [3.63, 3.8) is 0 Å². The molecule has 1 N–H and O–H groups in total. The first-order valence-corrected chi connectivity index (χ1v) is 6.76. The van der Waals surface area contributed by atoms with Crippen LogP contribution in [0.1, 0.15) is 35.6 Å². The summed E-state index contributed by atoms with van der Waals surface area (Å²) in [6, 6.07) is 6.14. The first-order chi connectivity index (χ1) is 9.52. The number of benzene rings is 1. The lowest BCUT2D eigenvalue weighted by Crippen LogP contribution is -2.23. The molecule has 20 heavy (non-hydrogen) atoms. The molecule has 0 fully saturated rings. The Labute approximate surface area is 117 Å². The lowest BCUT2D eigenvalue weighted by atomic mass is 9.98. The summed E-state index contributed by atoms with van der Waals surface area (Å²) in [4.78, 5) is 0. The summed E-state index contributed by atoms with van der Waals surface area (Å²) >= 11 is 0. The average molecular weight is 279 g/mol. The van der Waals surface area contributed by atoms with Gasteiger partial charge in [0.2, 0.25) is 0 Å². The van der Waals surface area contributed by atoms with E-state index >= 15 is 0 Å². The number of nitrogens with one attached hydrogen (secondary N) is 1. The zero-order chi connectivity index (χ0) is 14.7. The van der Waals surface area contributed by atoms with Crippen molar-refractivity contribution in [1.82, 2.24) is 5.32 Å². The van der Waals surface area contributed by atoms with Crippen molar-refractivity contribution in [3.8, 4) is 0 Å². The monoisotopic (exact) mass is 279 g/mol. The van der Waals surface area contributed by atoms with Gasteiger partial charge < -0.3 is 9.73 Å². The molecular formula is C16H19F2NO. The molecular weight excluding hydrogens is 260 g/mol. The Morgan fingerprint density at radius 1 is 1.25 bits per heavy atom. The molecule has 1 aromatic heterocycles. The Morgan fingerprint density at radius 3 is 2.60 bits per heavy atom. The van der Waals surface area contributed by atoms with Gasteiger partial charge in [0.05, 0.1) is 0 Å². The van der Waals surface area contributed by atoms with Crippen molar-refractivity contribution in [2.45, 2.75) is 33.2 Å². The summed E-state index contributed by atoms with van der Waals surface area (Å²) in [5, 5.41) is 3.30. The van der Waals surface area contributed by atoms with Gasteiger partial charge in [-0.1, -0.05) is 19.1 Å². The van der Waals surface area contributed by atoms with E-state index in [1.807, 2.05) is 26.8 Å². The van der Waals surface area contributed by atoms with Crippen molar-refractivity contribution in [1.29, 1.82) is 0 Å². The van der Waals surface area contributed by atoms with Crippen molar-refractivity contribution in [2.75, 3.05) is 6.54 Å². The van der Waals surface area contributed by atoms with Crippen molar-refractivity contribution in [2.24, 2.45) is 0 Å². The number of furan rings is 1. The Balaban J connectivity index is 2.30.